The van der Waals surface area contributed by atoms with Crippen molar-refractivity contribution in [2.75, 3.05) is 0 Å². The van der Waals surface area contributed by atoms with Gasteiger partial charge in [0.05, 0.1) is 10.1 Å². The molecule has 0 saturated heterocycles. The molecule has 0 fully saturated rings. The SMILES string of the molecule is CC(SCc1ccc(Cl)cc1)c1nnc(-c2cccs2)o1. The van der Waals surface area contributed by atoms with Crippen LogP contribution >= 0.6 is 34.7 Å². The van der Waals surface area contributed by atoms with Gasteiger partial charge in [-0.05, 0) is 36.1 Å². The van der Waals surface area contributed by atoms with E-state index in [0.29, 0.717) is 11.8 Å². The van der Waals surface area contributed by atoms with Gasteiger partial charge in [-0.3, -0.25) is 0 Å². The maximum atomic E-state index is 5.88. The molecule has 0 radical (unpaired) electrons. The lowest BCUT2D eigenvalue weighted by atomic mass is 10.2. The first-order chi connectivity index (χ1) is 10.2. The van der Waals surface area contributed by atoms with Gasteiger partial charge in [0.1, 0.15) is 0 Å². The fraction of sp³-hybridized carbons (Fsp3) is 0.200. The van der Waals surface area contributed by atoms with E-state index in [1.807, 2.05) is 41.8 Å². The summed E-state index contributed by atoms with van der Waals surface area (Å²) in [6, 6.07) is 11.8. The smallest absolute Gasteiger partial charge is 0.257 e. The number of thioether (sulfide) groups is 1. The van der Waals surface area contributed by atoms with Crippen molar-refractivity contribution < 1.29 is 4.42 Å². The van der Waals surface area contributed by atoms with E-state index >= 15 is 0 Å². The first-order valence-corrected chi connectivity index (χ1v) is 8.76. The summed E-state index contributed by atoms with van der Waals surface area (Å²) in [4.78, 5) is 1.00. The van der Waals surface area contributed by atoms with Crippen molar-refractivity contribution in [2.24, 2.45) is 0 Å². The van der Waals surface area contributed by atoms with E-state index in [-0.39, 0.29) is 5.25 Å². The molecule has 2 heterocycles. The average molecular weight is 337 g/mol. The minimum Gasteiger partial charge on any atom is -0.419 e. The van der Waals surface area contributed by atoms with E-state index in [1.165, 1.54) is 5.56 Å². The molecule has 3 rings (SSSR count). The Hall–Kier alpha value is -1.30. The lowest BCUT2D eigenvalue weighted by Crippen LogP contribution is -1.90. The zero-order chi connectivity index (χ0) is 14.7. The molecule has 0 N–H and O–H groups in total. The van der Waals surface area contributed by atoms with Crippen molar-refractivity contribution in [3.05, 3.63) is 58.3 Å². The molecule has 6 heteroatoms. The van der Waals surface area contributed by atoms with Gasteiger partial charge in [-0.25, -0.2) is 0 Å². The molecule has 1 unspecified atom stereocenters. The second-order valence-corrected chi connectivity index (χ2v) is 7.22. The third kappa shape index (κ3) is 3.67. The van der Waals surface area contributed by atoms with E-state index in [4.69, 9.17) is 16.0 Å². The number of benzene rings is 1. The average Bonchev–Trinajstić information content (AvgIpc) is 3.17. The number of rotatable bonds is 5. The Balaban J connectivity index is 1.63. The minimum atomic E-state index is 0.155. The van der Waals surface area contributed by atoms with E-state index in [2.05, 4.69) is 17.1 Å². The summed E-state index contributed by atoms with van der Waals surface area (Å²) in [5, 5.41) is 11.2. The van der Waals surface area contributed by atoms with E-state index in [1.54, 1.807) is 23.1 Å². The molecule has 0 saturated carbocycles. The van der Waals surface area contributed by atoms with Gasteiger partial charge < -0.3 is 4.42 Å². The lowest BCUT2D eigenvalue weighted by Gasteiger charge is -2.06. The second kappa shape index (κ2) is 6.64. The predicted molar refractivity (Wildman–Crippen MR) is 88.8 cm³/mol. The molecular formula is C15H13ClN2OS2. The van der Waals surface area contributed by atoms with E-state index in [0.717, 1.165) is 15.7 Å². The first-order valence-electron chi connectivity index (χ1n) is 6.45. The largest absolute Gasteiger partial charge is 0.419 e. The second-order valence-electron chi connectivity index (χ2n) is 4.50. The Kier molecular flexibility index (Phi) is 4.63. The molecule has 0 amide bonds. The van der Waals surface area contributed by atoms with Gasteiger partial charge in [0, 0.05) is 10.8 Å². The highest BCUT2D eigenvalue weighted by Gasteiger charge is 2.16. The van der Waals surface area contributed by atoms with Crippen molar-refractivity contribution in [3.63, 3.8) is 0 Å². The molecule has 1 atom stereocenters. The van der Waals surface area contributed by atoms with Crippen LogP contribution in [0.2, 0.25) is 5.02 Å². The zero-order valence-corrected chi connectivity index (χ0v) is 13.7. The van der Waals surface area contributed by atoms with Crippen LogP contribution in [0.15, 0.2) is 46.2 Å². The van der Waals surface area contributed by atoms with E-state index < -0.39 is 0 Å². The third-order valence-electron chi connectivity index (χ3n) is 2.93. The van der Waals surface area contributed by atoms with Crippen molar-refractivity contribution in [3.8, 4) is 10.8 Å². The number of halogens is 1. The maximum Gasteiger partial charge on any atom is 0.257 e. The molecule has 3 aromatic rings. The fourth-order valence-electron chi connectivity index (χ4n) is 1.77. The molecule has 2 aromatic heterocycles. The fourth-order valence-corrected chi connectivity index (χ4v) is 3.41. The number of thiophene rings is 1. The summed E-state index contributed by atoms with van der Waals surface area (Å²) in [5.41, 5.74) is 1.23. The molecule has 0 aliphatic carbocycles. The van der Waals surface area contributed by atoms with Crippen LogP contribution in [-0.4, -0.2) is 10.2 Å². The standard InChI is InChI=1S/C15H13ClN2OS2/c1-10(21-9-11-4-6-12(16)7-5-11)14-17-18-15(19-14)13-3-2-8-20-13/h2-8,10H,9H2,1H3. The third-order valence-corrected chi connectivity index (χ3v) is 5.25. The summed E-state index contributed by atoms with van der Waals surface area (Å²) in [6.45, 7) is 2.08. The summed E-state index contributed by atoms with van der Waals surface area (Å²) < 4.78 is 5.74. The number of hydrogen-bond donors (Lipinski definition) is 0. The molecule has 3 nitrogen and oxygen atoms in total. The Morgan fingerprint density at radius 2 is 2.05 bits per heavy atom. The van der Waals surface area contributed by atoms with Crippen LogP contribution in [0.1, 0.15) is 23.6 Å². The van der Waals surface area contributed by atoms with Crippen LogP contribution in [-0.2, 0) is 5.75 Å². The topological polar surface area (TPSA) is 38.9 Å². The predicted octanol–water partition coefficient (Wildman–Crippen LogP) is 5.45. The summed E-state index contributed by atoms with van der Waals surface area (Å²) >= 11 is 9.24. The van der Waals surface area contributed by atoms with E-state index in [9.17, 15) is 0 Å². The Labute approximate surface area is 136 Å². The van der Waals surface area contributed by atoms with Crippen LogP contribution in [0.4, 0.5) is 0 Å². The lowest BCUT2D eigenvalue weighted by molar-refractivity contribution is 0.510. The molecule has 1 aromatic carbocycles. The van der Waals surface area contributed by atoms with Crippen molar-refractivity contribution in [2.45, 2.75) is 17.9 Å². The van der Waals surface area contributed by atoms with Gasteiger partial charge in [-0.15, -0.1) is 33.3 Å². The molecule has 0 spiro atoms. The monoisotopic (exact) mass is 336 g/mol. The molecule has 108 valence electrons. The Bertz CT molecular complexity index is 695. The number of nitrogens with zero attached hydrogens (tertiary/aromatic N) is 2. The molecule has 0 aliphatic heterocycles. The molecule has 0 aliphatic rings. The van der Waals surface area contributed by atoms with Crippen LogP contribution in [0.3, 0.4) is 0 Å². The maximum absolute atomic E-state index is 5.88. The highest BCUT2D eigenvalue weighted by Crippen LogP contribution is 2.32. The van der Waals surface area contributed by atoms with Crippen molar-refractivity contribution in [1.29, 1.82) is 0 Å². The van der Waals surface area contributed by atoms with Crippen LogP contribution in [0.5, 0.6) is 0 Å². The quantitative estimate of drug-likeness (QED) is 0.621. The van der Waals surface area contributed by atoms with Gasteiger partial charge >= 0.3 is 0 Å². The zero-order valence-electron chi connectivity index (χ0n) is 11.3. The van der Waals surface area contributed by atoms with Gasteiger partial charge in [0.15, 0.2) is 0 Å². The summed E-state index contributed by atoms with van der Waals surface area (Å²) in [7, 11) is 0. The van der Waals surface area contributed by atoms with Gasteiger partial charge in [-0.1, -0.05) is 29.8 Å². The van der Waals surface area contributed by atoms with Gasteiger partial charge in [0.2, 0.25) is 5.89 Å². The molecule has 21 heavy (non-hydrogen) atoms. The molecular weight excluding hydrogens is 324 g/mol. The minimum absolute atomic E-state index is 0.155. The number of aromatic nitrogens is 2. The van der Waals surface area contributed by atoms with Gasteiger partial charge in [0.25, 0.3) is 5.89 Å². The highest BCUT2D eigenvalue weighted by atomic mass is 35.5. The summed E-state index contributed by atoms with van der Waals surface area (Å²) in [6.07, 6.45) is 0. The van der Waals surface area contributed by atoms with Crippen LogP contribution in [0.25, 0.3) is 10.8 Å². The normalized spacial score (nSPS) is 12.5. The van der Waals surface area contributed by atoms with Crippen molar-refractivity contribution in [1.82, 2.24) is 10.2 Å². The first kappa shape index (κ1) is 14.6. The molecule has 0 bridgehead atoms. The van der Waals surface area contributed by atoms with Crippen LogP contribution < -0.4 is 0 Å². The summed E-state index contributed by atoms with van der Waals surface area (Å²) in [5.74, 6) is 2.14. The Morgan fingerprint density at radius 1 is 1.24 bits per heavy atom. The van der Waals surface area contributed by atoms with Crippen molar-refractivity contribution >= 4 is 34.7 Å². The van der Waals surface area contributed by atoms with Crippen LogP contribution in [0, 0.1) is 0 Å². The van der Waals surface area contributed by atoms with Gasteiger partial charge in [-0.2, -0.15) is 0 Å². The Morgan fingerprint density at radius 3 is 2.76 bits per heavy atom. The number of hydrogen-bond acceptors (Lipinski definition) is 5. The highest BCUT2D eigenvalue weighted by molar-refractivity contribution is 7.98.